The Morgan fingerprint density at radius 3 is 2.80 bits per heavy atom. The van der Waals surface area contributed by atoms with Crippen molar-refractivity contribution in [3.8, 4) is 11.5 Å². The van der Waals surface area contributed by atoms with Gasteiger partial charge in [-0.3, -0.25) is 9.59 Å². The maximum absolute atomic E-state index is 12.3. The van der Waals surface area contributed by atoms with E-state index in [0.717, 1.165) is 11.3 Å². The van der Waals surface area contributed by atoms with E-state index in [1.807, 2.05) is 31.2 Å². The van der Waals surface area contributed by atoms with Crippen molar-refractivity contribution in [2.45, 2.75) is 13.3 Å². The van der Waals surface area contributed by atoms with Gasteiger partial charge >= 0.3 is 0 Å². The number of hydrogen-bond acceptors (Lipinski definition) is 4. The summed E-state index contributed by atoms with van der Waals surface area (Å²) in [6, 6.07) is 10.5. The van der Waals surface area contributed by atoms with Crippen LogP contribution in [0.25, 0.3) is 0 Å². The monoisotopic (exact) mass is 360 g/mol. The molecule has 130 valence electrons. The highest BCUT2D eigenvalue weighted by atomic mass is 35.5. The van der Waals surface area contributed by atoms with Crippen LogP contribution in [0.3, 0.4) is 0 Å². The number of rotatable bonds is 5. The zero-order valence-electron chi connectivity index (χ0n) is 13.6. The van der Waals surface area contributed by atoms with Gasteiger partial charge in [0.15, 0.2) is 6.61 Å². The molecule has 0 bridgehead atoms. The van der Waals surface area contributed by atoms with Gasteiger partial charge in [0, 0.05) is 6.07 Å². The normalized spacial score (nSPS) is 12.6. The maximum atomic E-state index is 12.3. The second kappa shape index (κ2) is 7.44. The highest BCUT2D eigenvalue weighted by Gasteiger charge is 2.19. The van der Waals surface area contributed by atoms with Crippen LogP contribution in [-0.2, 0) is 16.0 Å². The molecule has 6 nitrogen and oxygen atoms in total. The summed E-state index contributed by atoms with van der Waals surface area (Å²) in [5, 5.41) is 5.75. The number of carbonyl (C=O) groups is 2. The van der Waals surface area contributed by atoms with E-state index in [2.05, 4.69) is 10.6 Å². The maximum Gasteiger partial charge on any atom is 0.262 e. The first-order chi connectivity index (χ1) is 12.0. The molecule has 1 aliphatic rings. The third-order valence-corrected chi connectivity index (χ3v) is 3.89. The molecule has 1 aliphatic heterocycles. The molecule has 2 N–H and O–H groups in total. The van der Waals surface area contributed by atoms with Gasteiger partial charge in [0.2, 0.25) is 5.91 Å². The van der Waals surface area contributed by atoms with E-state index in [-0.39, 0.29) is 24.8 Å². The van der Waals surface area contributed by atoms with Crippen LogP contribution in [0, 0.1) is 0 Å². The van der Waals surface area contributed by atoms with Crippen LogP contribution in [0.5, 0.6) is 11.5 Å². The molecule has 0 saturated heterocycles. The van der Waals surface area contributed by atoms with E-state index in [4.69, 9.17) is 21.1 Å². The third kappa shape index (κ3) is 4.22. The number of ether oxygens (including phenoxy) is 2. The number of amides is 2. The molecular formula is C18H17ClN2O4. The smallest absolute Gasteiger partial charge is 0.262 e. The minimum absolute atomic E-state index is 0.0613. The minimum atomic E-state index is -0.240. The van der Waals surface area contributed by atoms with Gasteiger partial charge in [-0.05, 0) is 30.7 Å². The van der Waals surface area contributed by atoms with Crippen molar-refractivity contribution in [1.82, 2.24) is 0 Å². The summed E-state index contributed by atoms with van der Waals surface area (Å²) >= 11 is 6.17. The fourth-order valence-electron chi connectivity index (χ4n) is 2.45. The van der Waals surface area contributed by atoms with Crippen LogP contribution in [0.2, 0.25) is 5.02 Å². The number of halogens is 1. The molecule has 1 heterocycles. The average Bonchev–Trinajstić information content (AvgIpc) is 2.58. The first-order valence-electron chi connectivity index (χ1n) is 7.83. The number of fused-ring (bicyclic) bond motifs is 1. The Hall–Kier alpha value is -2.73. The molecule has 3 rings (SSSR count). The molecule has 0 spiro atoms. The lowest BCUT2D eigenvalue weighted by molar-refractivity contribution is -0.118. The summed E-state index contributed by atoms with van der Waals surface area (Å²) in [5.74, 6) is 0.797. The van der Waals surface area contributed by atoms with Gasteiger partial charge in [0.25, 0.3) is 5.91 Å². The fourth-order valence-corrected chi connectivity index (χ4v) is 2.66. The second-order valence-electron chi connectivity index (χ2n) is 5.47. The molecule has 0 radical (unpaired) electrons. The van der Waals surface area contributed by atoms with Crippen LogP contribution in [0.4, 0.5) is 11.4 Å². The zero-order chi connectivity index (χ0) is 17.8. The first-order valence-corrected chi connectivity index (χ1v) is 8.20. The van der Waals surface area contributed by atoms with Crippen LogP contribution in [0.15, 0.2) is 36.4 Å². The standard InChI is InChI=1S/C18H17ClN2O4/c1-2-24-12-5-3-11(4-6-12)7-17(22)20-14-9-16-15(8-13(14)19)21-18(23)10-25-16/h3-6,8-9H,2,7,10H2,1H3,(H,20,22)(H,21,23). The van der Waals surface area contributed by atoms with Crippen molar-refractivity contribution >= 4 is 34.8 Å². The van der Waals surface area contributed by atoms with Crippen LogP contribution in [-0.4, -0.2) is 25.0 Å². The largest absolute Gasteiger partial charge is 0.494 e. The molecule has 0 unspecified atom stereocenters. The summed E-state index contributed by atoms with van der Waals surface area (Å²) in [4.78, 5) is 23.6. The van der Waals surface area contributed by atoms with Crippen LogP contribution >= 0.6 is 11.6 Å². The lowest BCUT2D eigenvalue weighted by atomic mass is 10.1. The topological polar surface area (TPSA) is 76.7 Å². The Kier molecular flexibility index (Phi) is 5.09. The van der Waals surface area contributed by atoms with Gasteiger partial charge in [-0.15, -0.1) is 0 Å². The van der Waals surface area contributed by atoms with E-state index in [9.17, 15) is 9.59 Å². The van der Waals surface area contributed by atoms with Crippen molar-refractivity contribution in [2.24, 2.45) is 0 Å². The molecule has 0 fully saturated rings. The summed E-state index contributed by atoms with van der Waals surface area (Å²) < 4.78 is 10.7. The van der Waals surface area contributed by atoms with E-state index in [1.165, 1.54) is 0 Å². The van der Waals surface area contributed by atoms with Gasteiger partial charge in [-0.1, -0.05) is 23.7 Å². The van der Waals surface area contributed by atoms with Crippen molar-refractivity contribution in [2.75, 3.05) is 23.8 Å². The van der Waals surface area contributed by atoms with Gasteiger partial charge in [0.05, 0.1) is 29.4 Å². The Labute approximate surface area is 150 Å². The number of anilines is 2. The van der Waals surface area contributed by atoms with Crippen LogP contribution < -0.4 is 20.1 Å². The Morgan fingerprint density at radius 2 is 2.08 bits per heavy atom. The van der Waals surface area contributed by atoms with E-state index in [1.54, 1.807) is 12.1 Å². The van der Waals surface area contributed by atoms with Crippen molar-refractivity contribution in [3.63, 3.8) is 0 Å². The molecule has 2 amide bonds. The number of carbonyl (C=O) groups excluding carboxylic acids is 2. The van der Waals surface area contributed by atoms with Gasteiger partial charge in [-0.2, -0.15) is 0 Å². The minimum Gasteiger partial charge on any atom is -0.494 e. The molecule has 0 aliphatic carbocycles. The van der Waals surface area contributed by atoms with E-state index >= 15 is 0 Å². The highest BCUT2D eigenvalue weighted by molar-refractivity contribution is 6.34. The van der Waals surface area contributed by atoms with Gasteiger partial charge in [-0.25, -0.2) is 0 Å². The molecule has 25 heavy (non-hydrogen) atoms. The van der Waals surface area contributed by atoms with Gasteiger partial charge < -0.3 is 20.1 Å². The van der Waals surface area contributed by atoms with E-state index < -0.39 is 0 Å². The Balaban J connectivity index is 1.67. The zero-order valence-corrected chi connectivity index (χ0v) is 14.4. The molecule has 2 aromatic carbocycles. The van der Waals surface area contributed by atoms with Crippen molar-refractivity contribution in [1.29, 1.82) is 0 Å². The molecule has 0 atom stereocenters. The van der Waals surface area contributed by atoms with E-state index in [0.29, 0.717) is 28.8 Å². The molecule has 0 saturated carbocycles. The summed E-state index contributed by atoms with van der Waals surface area (Å²) in [7, 11) is 0. The highest BCUT2D eigenvalue weighted by Crippen LogP contribution is 2.36. The summed E-state index contributed by atoms with van der Waals surface area (Å²) in [5.41, 5.74) is 1.79. The van der Waals surface area contributed by atoms with Gasteiger partial charge in [0.1, 0.15) is 11.5 Å². The molecule has 7 heteroatoms. The Bertz CT molecular complexity index is 805. The SMILES string of the molecule is CCOc1ccc(CC(=O)Nc2cc3c(cc2Cl)NC(=O)CO3)cc1. The predicted molar refractivity (Wildman–Crippen MR) is 95.5 cm³/mol. The summed E-state index contributed by atoms with van der Waals surface area (Å²) in [6.07, 6.45) is 0.206. The predicted octanol–water partition coefficient (Wildman–Crippen LogP) is 3.25. The number of hydrogen-bond donors (Lipinski definition) is 2. The lowest BCUT2D eigenvalue weighted by Crippen LogP contribution is -2.25. The quantitative estimate of drug-likeness (QED) is 0.858. The fraction of sp³-hybridized carbons (Fsp3) is 0.222. The summed E-state index contributed by atoms with van der Waals surface area (Å²) in [6.45, 7) is 2.45. The number of nitrogens with one attached hydrogen (secondary N) is 2. The lowest BCUT2D eigenvalue weighted by Gasteiger charge is -2.19. The first kappa shape index (κ1) is 17.1. The Morgan fingerprint density at radius 1 is 1.32 bits per heavy atom. The number of benzene rings is 2. The van der Waals surface area contributed by atoms with Crippen molar-refractivity contribution < 1.29 is 19.1 Å². The average molecular weight is 361 g/mol. The molecular weight excluding hydrogens is 344 g/mol. The molecule has 0 aromatic heterocycles. The third-order valence-electron chi connectivity index (χ3n) is 3.58. The van der Waals surface area contributed by atoms with Crippen LogP contribution in [0.1, 0.15) is 12.5 Å². The molecule has 2 aromatic rings. The van der Waals surface area contributed by atoms with Crippen molar-refractivity contribution in [3.05, 3.63) is 47.0 Å². The second-order valence-corrected chi connectivity index (χ2v) is 5.87.